The summed E-state index contributed by atoms with van der Waals surface area (Å²) in [6.07, 6.45) is 5.00. The number of rotatable bonds is 8. The number of hydrogen-bond acceptors (Lipinski definition) is 4. The lowest BCUT2D eigenvalue weighted by molar-refractivity contribution is -0.118. The molecule has 0 radical (unpaired) electrons. The van der Waals surface area contributed by atoms with E-state index in [9.17, 15) is 4.79 Å². The Morgan fingerprint density at radius 2 is 1.91 bits per heavy atom. The molecule has 1 unspecified atom stereocenters. The quantitative estimate of drug-likeness (QED) is 0.771. The van der Waals surface area contributed by atoms with Crippen molar-refractivity contribution in [2.24, 2.45) is 0 Å². The molecule has 1 aromatic carbocycles. The van der Waals surface area contributed by atoms with E-state index in [1.807, 2.05) is 18.2 Å². The fraction of sp³-hybridized carbons (Fsp3) is 0.611. The second-order valence-electron chi connectivity index (χ2n) is 5.85. The van der Waals surface area contributed by atoms with Crippen molar-refractivity contribution in [3.05, 3.63) is 18.2 Å². The zero-order chi connectivity index (χ0) is 16.5. The molecule has 1 aliphatic heterocycles. The van der Waals surface area contributed by atoms with Crippen molar-refractivity contribution in [1.29, 1.82) is 0 Å². The highest BCUT2D eigenvalue weighted by atomic mass is 16.5. The van der Waals surface area contributed by atoms with Gasteiger partial charge in [0, 0.05) is 11.8 Å². The third kappa shape index (κ3) is 5.43. The van der Waals surface area contributed by atoms with Gasteiger partial charge in [0.2, 0.25) is 5.91 Å². The van der Waals surface area contributed by atoms with Crippen molar-refractivity contribution in [2.45, 2.75) is 52.0 Å². The summed E-state index contributed by atoms with van der Waals surface area (Å²) in [5.74, 6) is 1.44. The lowest BCUT2D eigenvalue weighted by atomic mass is 10.0. The highest BCUT2D eigenvalue weighted by Gasteiger charge is 2.20. The third-order valence-electron chi connectivity index (χ3n) is 3.76. The molecule has 1 fully saturated rings. The monoisotopic (exact) mass is 320 g/mol. The number of hydrogen-bond donors (Lipinski definition) is 2. The molecule has 0 saturated carbocycles. The molecule has 0 spiro atoms. The summed E-state index contributed by atoms with van der Waals surface area (Å²) in [5, 5.41) is 6.23. The van der Waals surface area contributed by atoms with Gasteiger partial charge in [-0.25, -0.2) is 0 Å². The molecular weight excluding hydrogens is 292 g/mol. The van der Waals surface area contributed by atoms with Crippen LogP contribution in [0.5, 0.6) is 11.5 Å². The molecule has 1 aromatic rings. The molecule has 128 valence electrons. The first kappa shape index (κ1) is 17.6. The van der Waals surface area contributed by atoms with E-state index < -0.39 is 0 Å². The van der Waals surface area contributed by atoms with Crippen LogP contribution in [0.1, 0.15) is 46.0 Å². The SMILES string of the molecule is CCCOc1ccc(NC(=O)C2CCCCN2)cc1OCCC. The number of ether oxygens (including phenoxy) is 2. The Labute approximate surface area is 138 Å². The minimum absolute atomic E-state index is 0.0216. The van der Waals surface area contributed by atoms with Crippen LogP contribution in [0, 0.1) is 0 Å². The van der Waals surface area contributed by atoms with Crippen LogP contribution in [0.2, 0.25) is 0 Å². The summed E-state index contributed by atoms with van der Waals surface area (Å²) in [4.78, 5) is 12.3. The highest BCUT2D eigenvalue weighted by molar-refractivity contribution is 5.95. The topological polar surface area (TPSA) is 59.6 Å². The maximum atomic E-state index is 12.3. The van der Waals surface area contributed by atoms with Crippen LogP contribution in [-0.4, -0.2) is 31.7 Å². The molecule has 0 aliphatic carbocycles. The molecular formula is C18H28N2O3. The van der Waals surface area contributed by atoms with Crippen molar-refractivity contribution in [2.75, 3.05) is 25.1 Å². The maximum Gasteiger partial charge on any atom is 0.241 e. The van der Waals surface area contributed by atoms with Gasteiger partial charge in [-0.1, -0.05) is 20.3 Å². The second kappa shape index (κ2) is 9.40. The molecule has 1 amide bonds. The van der Waals surface area contributed by atoms with Gasteiger partial charge < -0.3 is 20.1 Å². The van der Waals surface area contributed by atoms with E-state index in [1.165, 1.54) is 0 Å². The average molecular weight is 320 g/mol. The zero-order valence-electron chi connectivity index (χ0n) is 14.2. The van der Waals surface area contributed by atoms with Crippen LogP contribution in [0.25, 0.3) is 0 Å². The number of carbonyl (C=O) groups is 1. The van der Waals surface area contributed by atoms with Crippen LogP contribution in [0.15, 0.2) is 18.2 Å². The van der Waals surface area contributed by atoms with Crippen LogP contribution >= 0.6 is 0 Å². The minimum Gasteiger partial charge on any atom is -0.490 e. The molecule has 0 bridgehead atoms. The summed E-state index contributed by atoms with van der Waals surface area (Å²) >= 11 is 0. The van der Waals surface area contributed by atoms with Crippen LogP contribution in [0.3, 0.4) is 0 Å². The van der Waals surface area contributed by atoms with Gasteiger partial charge in [-0.2, -0.15) is 0 Å². The van der Waals surface area contributed by atoms with Gasteiger partial charge in [0.05, 0.1) is 19.3 Å². The third-order valence-corrected chi connectivity index (χ3v) is 3.76. The first-order valence-electron chi connectivity index (χ1n) is 8.68. The number of piperidine rings is 1. The van der Waals surface area contributed by atoms with Gasteiger partial charge in [0.1, 0.15) is 0 Å². The van der Waals surface area contributed by atoms with Gasteiger partial charge in [-0.3, -0.25) is 4.79 Å². The molecule has 5 nitrogen and oxygen atoms in total. The van der Waals surface area contributed by atoms with Crippen molar-refractivity contribution >= 4 is 11.6 Å². The van der Waals surface area contributed by atoms with E-state index >= 15 is 0 Å². The predicted octanol–water partition coefficient (Wildman–Crippen LogP) is 3.34. The van der Waals surface area contributed by atoms with Gasteiger partial charge in [0.25, 0.3) is 0 Å². The van der Waals surface area contributed by atoms with Crippen molar-refractivity contribution < 1.29 is 14.3 Å². The van der Waals surface area contributed by atoms with Crippen LogP contribution in [-0.2, 0) is 4.79 Å². The number of amides is 1. The Balaban J connectivity index is 2.04. The summed E-state index contributed by atoms with van der Waals surface area (Å²) in [5.41, 5.74) is 0.748. The Morgan fingerprint density at radius 1 is 1.17 bits per heavy atom. The summed E-state index contributed by atoms with van der Waals surface area (Å²) in [6.45, 7) is 6.32. The van der Waals surface area contributed by atoms with Crippen molar-refractivity contribution in [3.8, 4) is 11.5 Å². The fourth-order valence-corrected chi connectivity index (χ4v) is 2.55. The van der Waals surface area contributed by atoms with E-state index in [0.717, 1.165) is 50.1 Å². The number of benzene rings is 1. The molecule has 23 heavy (non-hydrogen) atoms. The van der Waals surface area contributed by atoms with Crippen molar-refractivity contribution in [1.82, 2.24) is 5.32 Å². The Bertz CT molecular complexity index is 499. The van der Waals surface area contributed by atoms with E-state index in [1.54, 1.807) is 0 Å². The first-order chi connectivity index (χ1) is 11.2. The zero-order valence-corrected chi connectivity index (χ0v) is 14.2. The van der Waals surface area contributed by atoms with E-state index in [-0.39, 0.29) is 11.9 Å². The summed E-state index contributed by atoms with van der Waals surface area (Å²) in [7, 11) is 0. The molecule has 2 N–H and O–H groups in total. The highest BCUT2D eigenvalue weighted by Crippen LogP contribution is 2.31. The Morgan fingerprint density at radius 3 is 2.57 bits per heavy atom. The molecule has 2 rings (SSSR count). The molecule has 1 saturated heterocycles. The van der Waals surface area contributed by atoms with E-state index in [2.05, 4.69) is 24.5 Å². The standard InChI is InChI=1S/C18H28N2O3/c1-3-11-22-16-9-8-14(13-17(16)23-12-4-2)20-18(21)15-7-5-6-10-19-15/h8-9,13,15,19H,3-7,10-12H2,1-2H3,(H,20,21). The normalized spacial score (nSPS) is 17.6. The molecule has 1 atom stereocenters. The number of anilines is 1. The lowest BCUT2D eigenvalue weighted by Crippen LogP contribution is -2.43. The largest absolute Gasteiger partial charge is 0.490 e. The van der Waals surface area contributed by atoms with E-state index in [0.29, 0.717) is 19.0 Å². The number of carbonyl (C=O) groups excluding carboxylic acids is 1. The fourth-order valence-electron chi connectivity index (χ4n) is 2.55. The second-order valence-corrected chi connectivity index (χ2v) is 5.85. The average Bonchev–Trinajstić information content (AvgIpc) is 2.59. The van der Waals surface area contributed by atoms with Gasteiger partial charge in [-0.15, -0.1) is 0 Å². The number of nitrogens with one attached hydrogen (secondary N) is 2. The Kier molecular flexibility index (Phi) is 7.20. The molecule has 1 heterocycles. The molecule has 1 aliphatic rings. The summed E-state index contributed by atoms with van der Waals surface area (Å²) < 4.78 is 11.5. The summed E-state index contributed by atoms with van der Waals surface area (Å²) in [6, 6.07) is 5.48. The Hall–Kier alpha value is -1.75. The molecule has 0 aromatic heterocycles. The van der Waals surface area contributed by atoms with Crippen molar-refractivity contribution in [3.63, 3.8) is 0 Å². The predicted molar refractivity (Wildman–Crippen MR) is 92.3 cm³/mol. The van der Waals surface area contributed by atoms with Gasteiger partial charge >= 0.3 is 0 Å². The smallest absolute Gasteiger partial charge is 0.241 e. The van der Waals surface area contributed by atoms with Gasteiger partial charge in [-0.05, 0) is 44.4 Å². The molecule has 5 heteroatoms. The van der Waals surface area contributed by atoms with Crippen LogP contribution < -0.4 is 20.1 Å². The maximum absolute atomic E-state index is 12.3. The minimum atomic E-state index is -0.0974. The lowest BCUT2D eigenvalue weighted by Gasteiger charge is -2.22. The van der Waals surface area contributed by atoms with E-state index in [4.69, 9.17) is 9.47 Å². The first-order valence-corrected chi connectivity index (χ1v) is 8.68. The van der Waals surface area contributed by atoms with Gasteiger partial charge in [0.15, 0.2) is 11.5 Å². The van der Waals surface area contributed by atoms with Crippen LogP contribution in [0.4, 0.5) is 5.69 Å².